The molecule has 1 N–H and O–H groups in total. The Morgan fingerprint density at radius 2 is 2.11 bits per heavy atom. The molecule has 0 amide bonds. The molecule has 19 heavy (non-hydrogen) atoms. The minimum atomic E-state index is -0.179. The number of rotatable bonds is 6. The summed E-state index contributed by atoms with van der Waals surface area (Å²) in [7, 11) is 0. The molecule has 1 aliphatic rings. The third-order valence-corrected chi connectivity index (χ3v) is 3.63. The maximum atomic E-state index is 13.1. The lowest BCUT2D eigenvalue weighted by Gasteiger charge is -2.18. The van der Waals surface area contributed by atoms with Gasteiger partial charge in [-0.15, -0.1) is 0 Å². The Hall–Kier alpha value is -1.09. The van der Waals surface area contributed by atoms with Gasteiger partial charge in [-0.25, -0.2) is 4.39 Å². The molecular weight excluding hydrogens is 241 g/mol. The lowest BCUT2D eigenvalue weighted by molar-refractivity contribution is 0.220. The lowest BCUT2D eigenvalue weighted by Crippen LogP contribution is -2.36. The zero-order valence-corrected chi connectivity index (χ0v) is 12.1. The van der Waals surface area contributed by atoms with Gasteiger partial charge in [0.25, 0.3) is 0 Å². The molecule has 2 unspecified atom stereocenters. The molecule has 0 fully saturated rings. The van der Waals surface area contributed by atoms with E-state index in [1.165, 1.54) is 18.9 Å². The van der Waals surface area contributed by atoms with Crippen LogP contribution in [0, 0.1) is 11.7 Å². The zero-order valence-electron chi connectivity index (χ0n) is 12.1. The van der Waals surface area contributed by atoms with Crippen LogP contribution in [0.25, 0.3) is 0 Å². The first-order valence-electron chi connectivity index (χ1n) is 7.23. The predicted octanol–water partition coefficient (Wildman–Crippen LogP) is 3.54. The van der Waals surface area contributed by atoms with Crippen LogP contribution in [-0.2, 0) is 6.42 Å². The molecule has 2 nitrogen and oxygen atoms in total. The summed E-state index contributed by atoms with van der Waals surface area (Å²) in [6, 6.07) is 5.27. The van der Waals surface area contributed by atoms with Crippen molar-refractivity contribution in [1.29, 1.82) is 0 Å². The number of hydrogen-bond acceptors (Lipinski definition) is 2. The smallest absolute Gasteiger partial charge is 0.123 e. The van der Waals surface area contributed by atoms with Crippen LogP contribution in [0.3, 0.4) is 0 Å². The largest absolute Gasteiger partial charge is 0.488 e. The second kappa shape index (κ2) is 6.38. The van der Waals surface area contributed by atoms with E-state index in [-0.39, 0.29) is 11.9 Å². The van der Waals surface area contributed by atoms with E-state index in [4.69, 9.17) is 4.74 Å². The molecular formula is C16H24FNO. The molecule has 106 valence electrons. The van der Waals surface area contributed by atoms with Crippen molar-refractivity contribution in [1.82, 2.24) is 5.32 Å². The Kier molecular flexibility index (Phi) is 4.81. The average Bonchev–Trinajstić information content (AvgIpc) is 2.75. The van der Waals surface area contributed by atoms with E-state index in [1.807, 2.05) is 0 Å². The Bertz CT molecular complexity index is 419. The van der Waals surface area contributed by atoms with Gasteiger partial charge in [-0.05, 0) is 43.9 Å². The highest BCUT2D eigenvalue weighted by Crippen LogP contribution is 2.29. The van der Waals surface area contributed by atoms with Crippen LogP contribution >= 0.6 is 0 Å². The maximum Gasteiger partial charge on any atom is 0.123 e. The Morgan fingerprint density at radius 3 is 2.84 bits per heavy atom. The summed E-state index contributed by atoms with van der Waals surface area (Å²) in [6.45, 7) is 7.54. The summed E-state index contributed by atoms with van der Waals surface area (Å²) in [6.07, 6.45) is 3.37. The predicted molar refractivity (Wildman–Crippen MR) is 76.1 cm³/mol. The van der Waals surface area contributed by atoms with E-state index in [2.05, 4.69) is 26.1 Å². The Balaban J connectivity index is 1.75. The SMILES string of the molecule is CC(C)CCC(C)NCC1Cc2cc(F)ccc2O1. The molecule has 3 heteroatoms. The second-order valence-electron chi connectivity index (χ2n) is 5.98. The van der Waals surface area contributed by atoms with Gasteiger partial charge in [0.2, 0.25) is 0 Å². The van der Waals surface area contributed by atoms with Crippen molar-refractivity contribution in [2.24, 2.45) is 5.92 Å². The van der Waals surface area contributed by atoms with Gasteiger partial charge in [-0.2, -0.15) is 0 Å². The van der Waals surface area contributed by atoms with Crippen LogP contribution in [0.5, 0.6) is 5.75 Å². The van der Waals surface area contributed by atoms with Crippen molar-refractivity contribution in [2.45, 2.75) is 52.2 Å². The molecule has 0 aliphatic carbocycles. The minimum Gasteiger partial charge on any atom is -0.488 e. The van der Waals surface area contributed by atoms with Crippen LogP contribution in [-0.4, -0.2) is 18.7 Å². The molecule has 0 aromatic heterocycles. The normalized spacial score (nSPS) is 19.3. The monoisotopic (exact) mass is 265 g/mol. The van der Waals surface area contributed by atoms with Crippen LogP contribution < -0.4 is 10.1 Å². The summed E-state index contributed by atoms with van der Waals surface area (Å²) in [5.41, 5.74) is 0.988. The number of ether oxygens (including phenoxy) is 1. The van der Waals surface area contributed by atoms with Gasteiger partial charge >= 0.3 is 0 Å². The average molecular weight is 265 g/mol. The summed E-state index contributed by atoms with van der Waals surface area (Å²) < 4.78 is 18.9. The Labute approximate surface area is 115 Å². The van der Waals surface area contributed by atoms with Crippen molar-refractivity contribution in [2.75, 3.05) is 6.54 Å². The topological polar surface area (TPSA) is 21.3 Å². The highest BCUT2D eigenvalue weighted by Gasteiger charge is 2.23. The highest BCUT2D eigenvalue weighted by atomic mass is 19.1. The van der Waals surface area contributed by atoms with E-state index in [9.17, 15) is 4.39 Å². The third-order valence-electron chi connectivity index (χ3n) is 3.63. The highest BCUT2D eigenvalue weighted by molar-refractivity contribution is 5.37. The first-order chi connectivity index (χ1) is 9.04. The fourth-order valence-corrected chi connectivity index (χ4v) is 2.42. The lowest BCUT2D eigenvalue weighted by atomic mass is 10.0. The van der Waals surface area contributed by atoms with Gasteiger partial charge < -0.3 is 10.1 Å². The molecule has 0 saturated carbocycles. The molecule has 1 heterocycles. The fourth-order valence-electron chi connectivity index (χ4n) is 2.42. The van der Waals surface area contributed by atoms with Gasteiger partial charge in [0.1, 0.15) is 17.7 Å². The van der Waals surface area contributed by atoms with E-state index >= 15 is 0 Å². The quantitative estimate of drug-likeness (QED) is 0.849. The standard InChI is InChI=1S/C16H24FNO/c1-11(2)4-5-12(3)18-10-15-9-13-8-14(17)6-7-16(13)19-15/h6-8,11-12,15,18H,4-5,9-10H2,1-3H3. The van der Waals surface area contributed by atoms with E-state index in [0.717, 1.165) is 30.2 Å². The first-order valence-corrected chi connectivity index (χ1v) is 7.23. The molecule has 0 spiro atoms. The molecule has 0 radical (unpaired) electrons. The van der Waals surface area contributed by atoms with Gasteiger partial charge in [0.05, 0.1) is 0 Å². The molecule has 0 saturated heterocycles. The van der Waals surface area contributed by atoms with Crippen molar-refractivity contribution >= 4 is 0 Å². The summed E-state index contributed by atoms with van der Waals surface area (Å²) in [5.74, 6) is 1.41. The van der Waals surface area contributed by atoms with Gasteiger partial charge in [-0.3, -0.25) is 0 Å². The van der Waals surface area contributed by atoms with Crippen molar-refractivity contribution in [3.8, 4) is 5.75 Å². The third kappa shape index (κ3) is 4.20. The number of hydrogen-bond donors (Lipinski definition) is 1. The van der Waals surface area contributed by atoms with E-state index in [0.29, 0.717) is 6.04 Å². The molecule has 1 aliphatic heterocycles. The molecule has 1 aromatic rings. The van der Waals surface area contributed by atoms with Crippen molar-refractivity contribution in [3.05, 3.63) is 29.6 Å². The first kappa shape index (κ1) is 14.3. The number of nitrogens with one attached hydrogen (secondary N) is 1. The Morgan fingerprint density at radius 1 is 1.32 bits per heavy atom. The molecule has 2 atom stereocenters. The van der Waals surface area contributed by atoms with Crippen LogP contribution in [0.4, 0.5) is 4.39 Å². The second-order valence-corrected chi connectivity index (χ2v) is 5.98. The molecule has 2 rings (SSSR count). The number of benzene rings is 1. The van der Waals surface area contributed by atoms with Crippen LogP contribution in [0.15, 0.2) is 18.2 Å². The zero-order chi connectivity index (χ0) is 13.8. The maximum absolute atomic E-state index is 13.1. The fraction of sp³-hybridized carbons (Fsp3) is 0.625. The molecule has 1 aromatic carbocycles. The summed E-state index contributed by atoms with van der Waals surface area (Å²) in [5, 5.41) is 3.51. The summed E-state index contributed by atoms with van der Waals surface area (Å²) >= 11 is 0. The van der Waals surface area contributed by atoms with Crippen LogP contribution in [0.1, 0.15) is 39.2 Å². The number of halogens is 1. The van der Waals surface area contributed by atoms with Gasteiger partial charge in [-0.1, -0.05) is 13.8 Å². The van der Waals surface area contributed by atoms with Crippen molar-refractivity contribution < 1.29 is 9.13 Å². The molecule has 0 bridgehead atoms. The van der Waals surface area contributed by atoms with Gasteiger partial charge in [0, 0.05) is 24.6 Å². The van der Waals surface area contributed by atoms with Crippen LogP contribution in [0.2, 0.25) is 0 Å². The van der Waals surface area contributed by atoms with Crippen molar-refractivity contribution in [3.63, 3.8) is 0 Å². The van der Waals surface area contributed by atoms with E-state index in [1.54, 1.807) is 12.1 Å². The minimum absolute atomic E-state index is 0.137. The van der Waals surface area contributed by atoms with Gasteiger partial charge in [0.15, 0.2) is 0 Å². The summed E-state index contributed by atoms with van der Waals surface area (Å²) in [4.78, 5) is 0. The van der Waals surface area contributed by atoms with E-state index < -0.39 is 0 Å². The number of fused-ring (bicyclic) bond motifs is 1.